The number of rotatable bonds is 3. The number of anilines is 2. The van der Waals surface area contributed by atoms with Crippen LogP contribution in [0.2, 0.25) is 0 Å². The Labute approximate surface area is 106 Å². The van der Waals surface area contributed by atoms with Gasteiger partial charge in [0.2, 0.25) is 11.8 Å². The summed E-state index contributed by atoms with van der Waals surface area (Å²) in [4.78, 5) is 17.4. The lowest BCUT2D eigenvalue weighted by atomic mass is 10.1. The average molecular weight is 250 g/mol. The van der Waals surface area contributed by atoms with Crippen LogP contribution < -0.4 is 15.8 Å². The summed E-state index contributed by atoms with van der Waals surface area (Å²) in [5.41, 5.74) is 6.44. The quantitative estimate of drug-likeness (QED) is 0.825. The number of nitrogens with two attached hydrogens (primary N) is 1. The van der Waals surface area contributed by atoms with E-state index in [0.717, 1.165) is 6.42 Å². The minimum atomic E-state index is 0.176. The molecule has 2 heterocycles. The molecule has 1 saturated heterocycles. The second kappa shape index (κ2) is 5.12. The molecule has 2 rings (SSSR count). The van der Waals surface area contributed by atoms with Gasteiger partial charge in [-0.05, 0) is 12.5 Å². The number of likely N-dealkylation sites (tertiary alicyclic amines) is 1. The van der Waals surface area contributed by atoms with Crippen LogP contribution in [0.15, 0.2) is 12.1 Å². The normalized spacial score (nSPS) is 19.8. The highest BCUT2D eigenvalue weighted by molar-refractivity contribution is 5.77. The topological polar surface area (TPSA) is 80.5 Å². The lowest BCUT2D eigenvalue weighted by Gasteiger charge is -2.30. The molecule has 1 aliphatic heterocycles. The van der Waals surface area contributed by atoms with Gasteiger partial charge in [-0.25, -0.2) is 0 Å². The molecule has 6 nitrogen and oxygen atoms in total. The van der Waals surface area contributed by atoms with Gasteiger partial charge in [0.25, 0.3) is 0 Å². The first-order valence-electron chi connectivity index (χ1n) is 5.91. The largest absolute Gasteiger partial charge is 0.481 e. The van der Waals surface area contributed by atoms with Gasteiger partial charge >= 0.3 is 0 Å². The Balaban J connectivity index is 2.07. The zero-order chi connectivity index (χ0) is 13.1. The Morgan fingerprint density at radius 2 is 2.33 bits per heavy atom. The Hall–Kier alpha value is -1.98. The number of likely N-dealkylation sites (N-methyl/N-ethyl adjacent to an activating group) is 1. The van der Waals surface area contributed by atoms with E-state index in [-0.39, 0.29) is 11.9 Å². The molecule has 6 heteroatoms. The zero-order valence-electron chi connectivity index (χ0n) is 10.6. The lowest BCUT2D eigenvalue weighted by molar-refractivity contribution is -0.132. The third-order valence-corrected chi connectivity index (χ3v) is 3.08. The molecule has 1 amide bonds. The van der Waals surface area contributed by atoms with Gasteiger partial charge in [0, 0.05) is 32.1 Å². The van der Waals surface area contributed by atoms with Crippen LogP contribution in [0.1, 0.15) is 12.8 Å². The summed E-state index contributed by atoms with van der Waals surface area (Å²) in [5, 5.41) is 3.26. The molecule has 98 valence electrons. The van der Waals surface area contributed by atoms with E-state index >= 15 is 0 Å². The minimum absolute atomic E-state index is 0.176. The summed E-state index contributed by atoms with van der Waals surface area (Å²) in [6, 6.07) is 3.65. The van der Waals surface area contributed by atoms with Gasteiger partial charge in [-0.2, -0.15) is 4.98 Å². The summed E-state index contributed by atoms with van der Waals surface area (Å²) in [6.45, 7) is 0.664. The molecular weight excluding hydrogens is 232 g/mol. The van der Waals surface area contributed by atoms with E-state index in [1.807, 2.05) is 0 Å². The molecular formula is C12H18N4O2. The fourth-order valence-electron chi connectivity index (χ4n) is 2.00. The van der Waals surface area contributed by atoms with E-state index in [1.165, 1.54) is 0 Å². The molecule has 0 aromatic carbocycles. The van der Waals surface area contributed by atoms with Crippen molar-refractivity contribution in [1.29, 1.82) is 0 Å². The predicted molar refractivity (Wildman–Crippen MR) is 69.5 cm³/mol. The number of nitrogens with zero attached hydrogens (tertiary/aromatic N) is 2. The van der Waals surface area contributed by atoms with Gasteiger partial charge in [0.15, 0.2) is 5.82 Å². The van der Waals surface area contributed by atoms with Crippen LogP contribution >= 0.6 is 0 Å². The van der Waals surface area contributed by atoms with Gasteiger partial charge in [-0.1, -0.05) is 0 Å². The number of carbonyl (C=O) groups excluding carboxylic acids is 1. The van der Waals surface area contributed by atoms with Crippen molar-refractivity contribution in [1.82, 2.24) is 9.88 Å². The van der Waals surface area contributed by atoms with Crippen molar-refractivity contribution < 1.29 is 9.53 Å². The summed E-state index contributed by atoms with van der Waals surface area (Å²) >= 11 is 0. The van der Waals surface area contributed by atoms with Crippen LogP contribution in [0.4, 0.5) is 11.5 Å². The highest BCUT2D eigenvalue weighted by atomic mass is 16.5. The molecule has 0 radical (unpaired) electrons. The number of carbonyl (C=O) groups is 1. The van der Waals surface area contributed by atoms with Crippen molar-refractivity contribution >= 4 is 17.4 Å². The minimum Gasteiger partial charge on any atom is -0.481 e. The second-order valence-corrected chi connectivity index (χ2v) is 4.45. The second-order valence-electron chi connectivity index (χ2n) is 4.45. The standard InChI is InChI=1S/C12H18N4O2/c1-16-7-8(3-6-11(16)17)14-12-9(13)4-5-10(15-12)18-2/h4-5,8H,3,6-7,13H2,1-2H3,(H,14,15). The van der Waals surface area contributed by atoms with Crippen molar-refractivity contribution in [3.05, 3.63) is 12.1 Å². The van der Waals surface area contributed by atoms with E-state index in [0.29, 0.717) is 30.4 Å². The fraction of sp³-hybridized carbons (Fsp3) is 0.500. The van der Waals surface area contributed by atoms with E-state index < -0.39 is 0 Å². The van der Waals surface area contributed by atoms with Crippen molar-refractivity contribution in [2.75, 3.05) is 31.8 Å². The number of ether oxygens (including phenoxy) is 1. The van der Waals surface area contributed by atoms with Crippen LogP contribution in [0.3, 0.4) is 0 Å². The monoisotopic (exact) mass is 250 g/mol. The Bertz CT molecular complexity index is 450. The van der Waals surface area contributed by atoms with Crippen molar-refractivity contribution in [3.63, 3.8) is 0 Å². The van der Waals surface area contributed by atoms with Gasteiger partial charge in [-0.3, -0.25) is 4.79 Å². The maximum absolute atomic E-state index is 11.4. The first-order chi connectivity index (χ1) is 8.60. The number of piperidine rings is 1. The molecule has 1 aromatic heterocycles. The van der Waals surface area contributed by atoms with Gasteiger partial charge in [0.05, 0.1) is 12.8 Å². The summed E-state index contributed by atoms with van der Waals surface area (Å²) < 4.78 is 5.07. The van der Waals surface area contributed by atoms with Crippen molar-refractivity contribution in [2.24, 2.45) is 0 Å². The number of aromatic nitrogens is 1. The lowest BCUT2D eigenvalue weighted by Crippen LogP contribution is -2.43. The highest BCUT2D eigenvalue weighted by Gasteiger charge is 2.23. The number of pyridine rings is 1. The van der Waals surface area contributed by atoms with E-state index in [9.17, 15) is 4.79 Å². The van der Waals surface area contributed by atoms with Crippen LogP contribution in [0.25, 0.3) is 0 Å². The summed E-state index contributed by atoms with van der Waals surface area (Å²) in [7, 11) is 3.37. The molecule has 1 fully saturated rings. The zero-order valence-corrected chi connectivity index (χ0v) is 10.6. The third-order valence-electron chi connectivity index (χ3n) is 3.08. The number of hydrogen-bond donors (Lipinski definition) is 2. The maximum atomic E-state index is 11.4. The van der Waals surface area contributed by atoms with Crippen LogP contribution in [0.5, 0.6) is 5.88 Å². The molecule has 0 saturated carbocycles. The number of methoxy groups -OCH3 is 1. The highest BCUT2D eigenvalue weighted by Crippen LogP contribution is 2.22. The van der Waals surface area contributed by atoms with Gasteiger partial charge in [-0.15, -0.1) is 0 Å². The third kappa shape index (κ3) is 2.64. The molecule has 3 N–H and O–H groups in total. The van der Waals surface area contributed by atoms with Gasteiger partial charge < -0.3 is 20.7 Å². The van der Waals surface area contributed by atoms with E-state index in [2.05, 4.69) is 10.3 Å². The molecule has 0 bridgehead atoms. The average Bonchev–Trinajstić information content (AvgIpc) is 2.36. The first kappa shape index (κ1) is 12.5. The van der Waals surface area contributed by atoms with Crippen LogP contribution in [0, 0.1) is 0 Å². The molecule has 18 heavy (non-hydrogen) atoms. The van der Waals surface area contributed by atoms with Crippen molar-refractivity contribution in [2.45, 2.75) is 18.9 Å². The number of hydrogen-bond acceptors (Lipinski definition) is 5. The Kier molecular flexibility index (Phi) is 3.55. The molecule has 1 unspecified atom stereocenters. The van der Waals surface area contributed by atoms with Crippen molar-refractivity contribution in [3.8, 4) is 5.88 Å². The smallest absolute Gasteiger partial charge is 0.222 e. The summed E-state index contributed by atoms with van der Waals surface area (Å²) in [6.07, 6.45) is 1.35. The van der Waals surface area contributed by atoms with Gasteiger partial charge in [0.1, 0.15) is 0 Å². The van der Waals surface area contributed by atoms with Crippen LogP contribution in [-0.2, 0) is 4.79 Å². The Morgan fingerprint density at radius 1 is 1.56 bits per heavy atom. The Morgan fingerprint density at radius 3 is 3.00 bits per heavy atom. The summed E-state index contributed by atoms with van der Waals surface area (Å²) in [5.74, 6) is 1.31. The fourth-order valence-corrected chi connectivity index (χ4v) is 2.00. The molecule has 1 aliphatic rings. The molecule has 0 spiro atoms. The first-order valence-corrected chi connectivity index (χ1v) is 5.91. The van der Waals surface area contributed by atoms with E-state index in [1.54, 1.807) is 31.2 Å². The van der Waals surface area contributed by atoms with E-state index in [4.69, 9.17) is 10.5 Å². The number of nitrogens with one attached hydrogen (secondary N) is 1. The molecule has 0 aliphatic carbocycles. The maximum Gasteiger partial charge on any atom is 0.222 e. The molecule has 1 aromatic rings. The SMILES string of the molecule is COc1ccc(N)c(NC2CCC(=O)N(C)C2)n1. The molecule has 1 atom stereocenters. The number of nitrogen functional groups attached to an aromatic ring is 1. The number of amides is 1. The predicted octanol–water partition coefficient (Wildman–Crippen LogP) is 0.705. The van der Waals surface area contributed by atoms with Crippen LogP contribution in [-0.4, -0.2) is 42.5 Å².